The molecule has 0 spiro atoms. The van der Waals surface area contributed by atoms with Gasteiger partial charge < -0.3 is 13.6 Å². The fourth-order valence-corrected chi connectivity index (χ4v) is 1.35. The van der Waals surface area contributed by atoms with Crippen LogP contribution in [0.3, 0.4) is 0 Å². The second kappa shape index (κ2) is 5.32. The molecule has 0 aliphatic carbocycles. The maximum Gasteiger partial charge on any atom is 0.518 e. The fourth-order valence-electron chi connectivity index (χ4n) is 1.35. The third kappa shape index (κ3) is 3.19. The standard InChI is InChI=1S/C13H12O4/c1-2-10-3-5-11(6-4-10)7-15-8-12-9-16-13(14)17-12/h2-6,9H,1,7-8H2. The first-order chi connectivity index (χ1) is 8.28. The van der Waals surface area contributed by atoms with Crippen molar-refractivity contribution in [2.75, 3.05) is 0 Å². The van der Waals surface area contributed by atoms with Crippen LogP contribution in [-0.2, 0) is 18.0 Å². The summed E-state index contributed by atoms with van der Waals surface area (Å²) in [6.45, 7) is 4.35. The molecule has 0 saturated carbocycles. The van der Waals surface area contributed by atoms with Crippen LogP contribution in [-0.4, -0.2) is 0 Å². The first-order valence-electron chi connectivity index (χ1n) is 5.14. The highest BCUT2D eigenvalue weighted by Crippen LogP contribution is 2.08. The fraction of sp³-hybridized carbons (Fsp3) is 0.154. The molecule has 0 aliphatic heterocycles. The average Bonchev–Trinajstić information content (AvgIpc) is 2.76. The topological polar surface area (TPSA) is 52.6 Å². The van der Waals surface area contributed by atoms with Crippen molar-refractivity contribution in [3.05, 3.63) is 64.6 Å². The lowest BCUT2D eigenvalue weighted by Gasteiger charge is -2.02. The third-order valence-corrected chi connectivity index (χ3v) is 2.23. The van der Waals surface area contributed by atoms with Gasteiger partial charge >= 0.3 is 5.82 Å². The SMILES string of the molecule is C=Cc1ccc(COCc2coc(=O)o2)cc1. The van der Waals surface area contributed by atoms with Crippen LogP contribution in [0.25, 0.3) is 6.08 Å². The summed E-state index contributed by atoms with van der Waals surface area (Å²) in [6.07, 6.45) is 3.04. The minimum absolute atomic E-state index is 0.217. The molecule has 0 unspecified atom stereocenters. The molecule has 4 heteroatoms. The molecule has 4 nitrogen and oxygen atoms in total. The van der Waals surface area contributed by atoms with Crippen LogP contribution in [0.5, 0.6) is 0 Å². The first kappa shape index (κ1) is 11.4. The van der Waals surface area contributed by atoms with Gasteiger partial charge in [0.2, 0.25) is 0 Å². The van der Waals surface area contributed by atoms with Crippen LogP contribution in [0, 0.1) is 0 Å². The number of rotatable bonds is 5. The van der Waals surface area contributed by atoms with E-state index in [2.05, 4.69) is 11.0 Å². The van der Waals surface area contributed by atoms with E-state index in [4.69, 9.17) is 9.15 Å². The summed E-state index contributed by atoms with van der Waals surface area (Å²) >= 11 is 0. The maximum absolute atomic E-state index is 10.6. The Balaban J connectivity index is 1.85. The van der Waals surface area contributed by atoms with Crippen molar-refractivity contribution in [2.45, 2.75) is 13.2 Å². The van der Waals surface area contributed by atoms with Gasteiger partial charge in [0.15, 0.2) is 5.76 Å². The second-order valence-electron chi connectivity index (χ2n) is 3.49. The van der Waals surface area contributed by atoms with Gasteiger partial charge in [0.1, 0.15) is 12.9 Å². The zero-order valence-corrected chi connectivity index (χ0v) is 9.22. The van der Waals surface area contributed by atoms with Gasteiger partial charge in [-0.2, -0.15) is 0 Å². The van der Waals surface area contributed by atoms with Gasteiger partial charge in [-0.15, -0.1) is 0 Å². The summed E-state index contributed by atoms with van der Waals surface area (Å²) in [7, 11) is 0. The highest BCUT2D eigenvalue weighted by atomic mass is 16.6. The molecule has 88 valence electrons. The van der Waals surface area contributed by atoms with Crippen LogP contribution in [0.15, 0.2) is 50.7 Å². The molecule has 0 radical (unpaired) electrons. The Hall–Kier alpha value is -2.07. The molecule has 0 amide bonds. The molecule has 2 aromatic rings. The van der Waals surface area contributed by atoms with Crippen molar-refractivity contribution < 1.29 is 13.6 Å². The van der Waals surface area contributed by atoms with Gasteiger partial charge in [-0.3, -0.25) is 0 Å². The van der Waals surface area contributed by atoms with Crippen LogP contribution >= 0.6 is 0 Å². The minimum atomic E-state index is -0.709. The largest absolute Gasteiger partial charge is 0.518 e. The Morgan fingerprint density at radius 2 is 2.00 bits per heavy atom. The van der Waals surface area contributed by atoms with Gasteiger partial charge in [-0.25, -0.2) is 4.79 Å². The quantitative estimate of drug-likeness (QED) is 0.795. The molecule has 0 saturated heterocycles. The Morgan fingerprint density at radius 3 is 2.59 bits per heavy atom. The van der Waals surface area contributed by atoms with Crippen LogP contribution in [0.1, 0.15) is 16.9 Å². The molecule has 0 atom stereocenters. The molecule has 1 heterocycles. The molecule has 17 heavy (non-hydrogen) atoms. The number of hydrogen-bond acceptors (Lipinski definition) is 4. The van der Waals surface area contributed by atoms with E-state index in [0.29, 0.717) is 12.4 Å². The summed E-state index contributed by atoms with van der Waals surface area (Å²) in [5, 5.41) is 0. The predicted octanol–water partition coefficient (Wildman–Crippen LogP) is 2.59. The summed E-state index contributed by atoms with van der Waals surface area (Å²) in [5.74, 6) is -0.323. The highest BCUT2D eigenvalue weighted by Gasteiger charge is 2.01. The van der Waals surface area contributed by atoms with Gasteiger partial charge in [0, 0.05) is 0 Å². The van der Waals surface area contributed by atoms with E-state index in [9.17, 15) is 4.79 Å². The van der Waals surface area contributed by atoms with Crippen molar-refractivity contribution in [1.82, 2.24) is 0 Å². The number of benzene rings is 1. The summed E-state index contributed by atoms with van der Waals surface area (Å²) in [5.41, 5.74) is 2.11. The Kier molecular flexibility index (Phi) is 3.57. The summed E-state index contributed by atoms with van der Waals surface area (Å²) < 4.78 is 14.6. The van der Waals surface area contributed by atoms with E-state index in [1.807, 2.05) is 24.3 Å². The monoisotopic (exact) mass is 232 g/mol. The van der Waals surface area contributed by atoms with Crippen molar-refractivity contribution in [2.24, 2.45) is 0 Å². The average molecular weight is 232 g/mol. The first-order valence-corrected chi connectivity index (χ1v) is 5.14. The predicted molar refractivity (Wildman–Crippen MR) is 62.3 cm³/mol. The lowest BCUT2D eigenvalue weighted by molar-refractivity contribution is 0.0919. The van der Waals surface area contributed by atoms with E-state index in [0.717, 1.165) is 11.1 Å². The smallest absolute Gasteiger partial charge is 0.399 e. The van der Waals surface area contributed by atoms with Crippen molar-refractivity contribution in [1.29, 1.82) is 0 Å². The van der Waals surface area contributed by atoms with Crippen molar-refractivity contribution in [3.8, 4) is 0 Å². The molecular formula is C13H12O4. The normalized spacial score (nSPS) is 10.4. The molecule has 0 N–H and O–H groups in total. The van der Waals surface area contributed by atoms with Gasteiger partial charge in [-0.1, -0.05) is 36.9 Å². The van der Waals surface area contributed by atoms with Crippen molar-refractivity contribution in [3.63, 3.8) is 0 Å². The lowest BCUT2D eigenvalue weighted by Crippen LogP contribution is -1.94. The number of ether oxygens (including phenoxy) is 1. The molecule has 1 aromatic carbocycles. The van der Waals surface area contributed by atoms with Crippen LogP contribution in [0.4, 0.5) is 0 Å². The Labute approximate surface area is 98.1 Å². The molecular weight excluding hydrogens is 220 g/mol. The highest BCUT2D eigenvalue weighted by molar-refractivity contribution is 5.47. The molecule has 0 bridgehead atoms. The van der Waals surface area contributed by atoms with E-state index >= 15 is 0 Å². The molecule has 0 fully saturated rings. The maximum atomic E-state index is 10.6. The third-order valence-electron chi connectivity index (χ3n) is 2.23. The number of hydrogen-bond donors (Lipinski definition) is 0. The van der Waals surface area contributed by atoms with Crippen molar-refractivity contribution >= 4 is 6.08 Å². The second-order valence-corrected chi connectivity index (χ2v) is 3.49. The Bertz CT molecular complexity index is 533. The molecule has 0 aliphatic rings. The van der Waals surface area contributed by atoms with Gasteiger partial charge in [0.25, 0.3) is 0 Å². The summed E-state index contributed by atoms with van der Waals surface area (Å²) in [4.78, 5) is 10.6. The van der Waals surface area contributed by atoms with E-state index in [1.165, 1.54) is 6.26 Å². The van der Waals surface area contributed by atoms with Gasteiger partial charge in [0.05, 0.1) is 6.61 Å². The van der Waals surface area contributed by atoms with E-state index < -0.39 is 5.82 Å². The Morgan fingerprint density at radius 1 is 1.24 bits per heavy atom. The lowest BCUT2D eigenvalue weighted by atomic mass is 10.1. The van der Waals surface area contributed by atoms with Crippen LogP contribution < -0.4 is 5.82 Å². The zero-order valence-electron chi connectivity index (χ0n) is 9.22. The molecule has 2 rings (SSSR count). The van der Waals surface area contributed by atoms with Crippen LogP contribution in [0.2, 0.25) is 0 Å². The zero-order chi connectivity index (χ0) is 12.1. The molecule has 1 aromatic heterocycles. The van der Waals surface area contributed by atoms with E-state index in [1.54, 1.807) is 6.08 Å². The summed E-state index contributed by atoms with van der Waals surface area (Å²) in [6, 6.07) is 7.85. The minimum Gasteiger partial charge on any atom is -0.399 e. The van der Waals surface area contributed by atoms with Gasteiger partial charge in [-0.05, 0) is 11.1 Å². The van der Waals surface area contributed by atoms with E-state index in [-0.39, 0.29) is 6.61 Å².